The number of hydrogen-bond donors (Lipinski definition) is 1. The summed E-state index contributed by atoms with van der Waals surface area (Å²) in [5, 5.41) is 3.35. The monoisotopic (exact) mass is 262 g/mol. The van der Waals surface area contributed by atoms with Gasteiger partial charge in [-0.1, -0.05) is 0 Å². The fourth-order valence-electron chi connectivity index (χ4n) is 2.32. The molecule has 1 N–H and O–H groups in total. The van der Waals surface area contributed by atoms with E-state index in [-0.39, 0.29) is 17.5 Å². The first kappa shape index (κ1) is 13.8. The normalized spacial score (nSPS) is 19.9. The maximum absolute atomic E-state index is 12.0. The Balaban J connectivity index is 2.10. The van der Waals surface area contributed by atoms with Crippen molar-refractivity contribution in [3.63, 3.8) is 0 Å². The molecule has 1 fully saturated rings. The topological polar surface area (TPSA) is 58.1 Å². The van der Waals surface area contributed by atoms with Crippen LogP contribution in [0.3, 0.4) is 0 Å². The predicted octanol–water partition coefficient (Wildman–Crippen LogP) is 1.90. The molecule has 104 valence electrons. The van der Waals surface area contributed by atoms with Crippen molar-refractivity contribution in [1.82, 2.24) is 14.9 Å². The summed E-state index contributed by atoms with van der Waals surface area (Å²) in [6.07, 6.45) is 2.27. The van der Waals surface area contributed by atoms with Crippen LogP contribution in [0.15, 0.2) is 6.20 Å². The van der Waals surface area contributed by atoms with E-state index < -0.39 is 0 Å². The SMILES string of the molecule is Cc1cnc(C)c(NC2CC(=O)N(C(C)(C)C)C2)n1. The Bertz CT molecular complexity index is 493. The Morgan fingerprint density at radius 2 is 2.05 bits per heavy atom. The molecule has 0 aliphatic carbocycles. The summed E-state index contributed by atoms with van der Waals surface area (Å²) in [5.41, 5.74) is 1.62. The summed E-state index contributed by atoms with van der Waals surface area (Å²) < 4.78 is 0. The van der Waals surface area contributed by atoms with E-state index in [0.717, 1.165) is 23.8 Å². The number of likely N-dealkylation sites (tertiary alicyclic amines) is 1. The summed E-state index contributed by atoms with van der Waals surface area (Å²) in [5.74, 6) is 0.983. The van der Waals surface area contributed by atoms with Crippen LogP contribution in [-0.2, 0) is 4.79 Å². The first-order valence-electron chi connectivity index (χ1n) is 6.64. The van der Waals surface area contributed by atoms with Crippen LogP contribution in [0.25, 0.3) is 0 Å². The van der Waals surface area contributed by atoms with Gasteiger partial charge in [0.1, 0.15) is 5.82 Å². The fraction of sp³-hybridized carbons (Fsp3) is 0.643. The molecule has 1 aromatic rings. The number of aromatic nitrogens is 2. The summed E-state index contributed by atoms with van der Waals surface area (Å²) in [4.78, 5) is 22.7. The molecule has 1 aliphatic rings. The molecule has 0 saturated carbocycles. The van der Waals surface area contributed by atoms with Crippen molar-refractivity contribution < 1.29 is 4.79 Å². The van der Waals surface area contributed by atoms with E-state index in [2.05, 4.69) is 36.1 Å². The maximum Gasteiger partial charge on any atom is 0.225 e. The minimum Gasteiger partial charge on any atom is -0.364 e. The molecule has 1 unspecified atom stereocenters. The first-order chi connectivity index (χ1) is 8.77. The number of amides is 1. The highest BCUT2D eigenvalue weighted by Gasteiger charge is 2.36. The number of carbonyl (C=O) groups excluding carboxylic acids is 1. The van der Waals surface area contributed by atoms with Crippen molar-refractivity contribution in [2.45, 2.75) is 52.6 Å². The van der Waals surface area contributed by atoms with Crippen LogP contribution in [0.2, 0.25) is 0 Å². The van der Waals surface area contributed by atoms with Crippen LogP contribution in [0.4, 0.5) is 5.82 Å². The predicted molar refractivity (Wildman–Crippen MR) is 75.0 cm³/mol. The summed E-state index contributed by atoms with van der Waals surface area (Å²) in [6, 6.07) is 0.113. The zero-order chi connectivity index (χ0) is 14.2. The Morgan fingerprint density at radius 1 is 1.37 bits per heavy atom. The largest absolute Gasteiger partial charge is 0.364 e. The van der Waals surface area contributed by atoms with Gasteiger partial charge in [-0.2, -0.15) is 0 Å². The van der Waals surface area contributed by atoms with E-state index in [1.165, 1.54) is 0 Å². The Kier molecular flexibility index (Phi) is 3.47. The molecule has 5 nitrogen and oxygen atoms in total. The molecule has 1 aromatic heterocycles. The second-order valence-corrected chi connectivity index (χ2v) is 6.17. The van der Waals surface area contributed by atoms with Crippen molar-refractivity contribution in [3.8, 4) is 0 Å². The summed E-state index contributed by atoms with van der Waals surface area (Å²) in [7, 11) is 0. The Morgan fingerprint density at radius 3 is 2.63 bits per heavy atom. The van der Waals surface area contributed by atoms with Gasteiger partial charge in [0.2, 0.25) is 5.91 Å². The van der Waals surface area contributed by atoms with Gasteiger partial charge in [0.05, 0.1) is 17.4 Å². The molecule has 1 saturated heterocycles. The van der Waals surface area contributed by atoms with Gasteiger partial charge in [0, 0.05) is 24.7 Å². The molecule has 5 heteroatoms. The van der Waals surface area contributed by atoms with E-state index in [1.807, 2.05) is 18.7 Å². The summed E-state index contributed by atoms with van der Waals surface area (Å²) in [6.45, 7) is 10.7. The van der Waals surface area contributed by atoms with Gasteiger partial charge < -0.3 is 10.2 Å². The van der Waals surface area contributed by atoms with Gasteiger partial charge >= 0.3 is 0 Å². The van der Waals surface area contributed by atoms with Crippen LogP contribution in [0.5, 0.6) is 0 Å². The Labute approximate surface area is 114 Å². The third-order valence-electron chi connectivity index (χ3n) is 3.35. The van der Waals surface area contributed by atoms with E-state index in [1.54, 1.807) is 6.20 Å². The molecular weight excluding hydrogens is 240 g/mol. The van der Waals surface area contributed by atoms with E-state index in [9.17, 15) is 4.79 Å². The zero-order valence-corrected chi connectivity index (χ0v) is 12.3. The smallest absolute Gasteiger partial charge is 0.225 e. The lowest BCUT2D eigenvalue weighted by atomic mass is 10.1. The molecule has 2 rings (SSSR count). The van der Waals surface area contributed by atoms with Crippen molar-refractivity contribution in [1.29, 1.82) is 0 Å². The van der Waals surface area contributed by atoms with E-state index in [0.29, 0.717) is 6.42 Å². The minimum atomic E-state index is -0.124. The molecule has 1 atom stereocenters. The van der Waals surface area contributed by atoms with Gasteiger partial charge in [0.25, 0.3) is 0 Å². The average Bonchev–Trinajstić information content (AvgIpc) is 2.64. The van der Waals surface area contributed by atoms with Crippen LogP contribution in [-0.4, -0.2) is 38.9 Å². The third kappa shape index (κ3) is 3.03. The molecule has 0 aromatic carbocycles. The number of anilines is 1. The molecule has 19 heavy (non-hydrogen) atoms. The molecule has 1 amide bonds. The lowest BCUT2D eigenvalue weighted by Gasteiger charge is -2.32. The van der Waals surface area contributed by atoms with Gasteiger partial charge in [-0.25, -0.2) is 4.98 Å². The highest BCUT2D eigenvalue weighted by Crippen LogP contribution is 2.24. The summed E-state index contributed by atoms with van der Waals surface area (Å²) >= 11 is 0. The van der Waals surface area contributed by atoms with Crippen molar-refractivity contribution in [2.75, 3.05) is 11.9 Å². The number of hydrogen-bond acceptors (Lipinski definition) is 4. The van der Waals surface area contributed by atoms with E-state index >= 15 is 0 Å². The minimum absolute atomic E-state index is 0.113. The van der Waals surface area contributed by atoms with Crippen LogP contribution < -0.4 is 5.32 Å². The molecule has 2 heterocycles. The highest BCUT2D eigenvalue weighted by atomic mass is 16.2. The van der Waals surface area contributed by atoms with Gasteiger partial charge in [-0.3, -0.25) is 9.78 Å². The molecule has 1 aliphatic heterocycles. The number of nitrogens with zero attached hydrogens (tertiary/aromatic N) is 3. The average molecular weight is 262 g/mol. The molecule has 0 radical (unpaired) electrons. The third-order valence-corrected chi connectivity index (χ3v) is 3.35. The van der Waals surface area contributed by atoms with Crippen LogP contribution >= 0.6 is 0 Å². The molecule has 0 bridgehead atoms. The highest BCUT2D eigenvalue weighted by molar-refractivity contribution is 5.80. The number of carbonyl (C=O) groups is 1. The van der Waals surface area contributed by atoms with Gasteiger partial charge in [-0.15, -0.1) is 0 Å². The molecule has 0 spiro atoms. The number of nitrogens with one attached hydrogen (secondary N) is 1. The van der Waals surface area contributed by atoms with Gasteiger partial charge in [0.15, 0.2) is 0 Å². The van der Waals surface area contributed by atoms with Crippen LogP contribution in [0.1, 0.15) is 38.6 Å². The van der Waals surface area contributed by atoms with Gasteiger partial charge in [-0.05, 0) is 34.6 Å². The Hall–Kier alpha value is -1.65. The van der Waals surface area contributed by atoms with E-state index in [4.69, 9.17) is 0 Å². The lowest BCUT2D eigenvalue weighted by molar-refractivity contribution is -0.131. The fourth-order valence-corrected chi connectivity index (χ4v) is 2.32. The quantitative estimate of drug-likeness (QED) is 0.884. The second-order valence-electron chi connectivity index (χ2n) is 6.17. The number of aryl methyl sites for hydroxylation is 2. The van der Waals surface area contributed by atoms with Crippen molar-refractivity contribution >= 4 is 11.7 Å². The first-order valence-corrected chi connectivity index (χ1v) is 6.64. The number of rotatable bonds is 2. The van der Waals surface area contributed by atoms with Crippen LogP contribution in [0, 0.1) is 13.8 Å². The second kappa shape index (κ2) is 4.79. The maximum atomic E-state index is 12.0. The standard InChI is InChI=1S/C14H22N4O/c1-9-7-15-10(2)13(16-9)17-11-6-12(19)18(8-11)14(3,4)5/h7,11H,6,8H2,1-5H3,(H,16,17). The van der Waals surface area contributed by atoms with Crippen molar-refractivity contribution in [3.05, 3.63) is 17.6 Å². The lowest BCUT2D eigenvalue weighted by Crippen LogP contribution is -2.43. The zero-order valence-electron chi connectivity index (χ0n) is 12.3. The molecular formula is C14H22N4O. The van der Waals surface area contributed by atoms with Crippen molar-refractivity contribution in [2.24, 2.45) is 0 Å².